The van der Waals surface area contributed by atoms with Crippen molar-refractivity contribution in [1.82, 2.24) is 5.32 Å². The van der Waals surface area contributed by atoms with Gasteiger partial charge in [-0.15, -0.1) is 0 Å². The van der Waals surface area contributed by atoms with Crippen LogP contribution in [-0.4, -0.2) is 29.2 Å². The number of hydrogen-bond donors (Lipinski definition) is 4. The quantitative estimate of drug-likeness (QED) is 0.506. The second kappa shape index (κ2) is 5.61. The van der Waals surface area contributed by atoms with E-state index in [9.17, 15) is 23.2 Å². The fourth-order valence-electron chi connectivity index (χ4n) is 2.12. The van der Waals surface area contributed by atoms with E-state index in [0.29, 0.717) is 10.9 Å². The Hall–Kier alpha value is -1.67. The topological polar surface area (TPSA) is 107 Å². The van der Waals surface area contributed by atoms with Crippen LogP contribution in [0.4, 0.5) is 0 Å². The monoisotopic (exact) mass is 311 g/mol. The molecule has 0 aliphatic rings. The average Bonchev–Trinajstić information content (AvgIpc) is 2.35. The van der Waals surface area contributed by atoms with Crippen molar-refractivity contribution < 1.29 is 23.2 Å². The Kier molecular flexibility index (Phi) is 4.20. The first-order valence-corrected chi connectivity index (χ1v) is 7.81. The maximum Gasteiger partial charge on any atom is 0.295 e. The zero-order valence-corrected chi connectivity index (χ0v) is 12.4. The molecule has 0 spiro atoms. The number of benzene rings is 2. The molecule has 2 aromatic rings. The molecule has 2 aromatic carbocycles. The van der Waals surface area contributed by atoms with Crippen LogP contribution < -0.4 is 5.32 Å². The van der Waals surface area contributed by atoms with Crippen molar-refractivity contribution in [2.24, 2.45) is 0 Å². The number of rotatable bonds is 4. The SMILES string of the molecule is CC(C)NC(O)c1ccc2cc(O)cc(S(=O)(=O)O)c2c1. The molecule has 2 rings (SSSR count). The van der Waals surface area contributed by atoms with Gasteiger partial charge >= 0.3 is 0 Å². The zero-order valence-electron chi connectivity index (χ0n) is 11.6. The van der Waals surface area contributed by atoms with Crippen molar-refractivity contribution in [1.29, 1.82) is 0 Å². The van der Waals surface area contributed by atoms with Crippen LogP contribution in [0.1, 0.15) is 25.6 Å². The molecule has 114 valence electrons. The molecule has 0 aliphatic carbocycles. The number of aliphatic hydroxyl groups excluding tert-OH is 1. The van der Waals surface area contributed by atoms with E-state index in [0.717, 1.165) is 6.07 Å². The number of hydrogen-bond acceptors (Lipinski definition) is 5. The van der Waals surface area contributed by atoms with Crippen LogP contribution in [0.5, 0.6) is 5.75 Å². The highest BCUT2D eigenvalue weighted by molar-refractivity contribution is 7.86. The van der Waals surface area contributed by atoms with Crippen molar-refractivity contribution in [3.05, 3.63) is 35.9 Å². The average molecular weight is 311 g/mol. The minimum absolute atomic E-state index is 0.0385. The maximum atomic E-state index is 11.4. The van der Waals surface area contributed by atoms with E-state index < -0.39 is 21.2 Å². The molecule has 0 heterocycles. The second-order valence-corrected chi connectivity index (χ2v) is 6.51. The standard InChI is InChI=1S/C14H17NO5S/c1-8(2)15-14(17)10-4-3-9-5-11(16)7-13(12(9)6-10)21(18,19)20/h3-8,14-17H,1-2H3,(H,18,19,20). The van der Waals surface area contributed by atoms with Crippen LogP contribution in [0, 0.1) is 0 Å². The molecule has 0 bridgehead atoms. The predicted octanol–water partition coefficient (Wildman–Crippen LogP) is 1.78. The van der Waals surface area contributed by atoms with Crippen LogP contribution in [-0.2, 0) is 10.1 Å². The van der Waals surface area contributed by atoms with E-state index in [-0.39, 0.29) is 17.2 Å². The van der Waals surface area contributed by atoms with Crippen molar-refractivity contribution >= 4 is 20.9 Å². The summed E-state index contributed by atoms with van der Waals surface area (Å²) in [6.45, 7) is 3.73. The lowest BCUT2D eigenvalue weighted by Gasteiger charge is -2.17. The summed E-state index contributed by atoms with van der Waals surface area (Å²) in [4.78, 5) is -0.393. The zero-order chi connectivity index (χ0) is 15.8. The van der Waals surface area contributed by atoms with Crippen LogP contribution >= 0.6 is 0 Å². The summed E-state index contributed by atoms with van der Waals surface area (Å²) in [7, 11) is -4.48. The van der Waals surface area contributed by atoms with Gasteiger partial charge in [-0.3, -0.25) is 9.87 Å². The molecule has 7 heteroatoms. The van der Waals surface area contributed by atoms with Gasteiger partial charge < -0.3 is 10.2 Å². The highest BCUT2D eigenvalue weighted by Gasteiger charge is 2.17. The van der Waals surface area contributed by atoms with Gasteiger partial charge in [-0.2, -0.15) is 8.42 Å². The number of aromatic hydroxyl groups is 1. The molecule has 6 nitrogen and oxygen atoms in total. The fourth-order valence-corrected chi connectivity index (χ4v) is 2.85. The van der Waals surface area contributed by atoms with Gasteiger partial charge in [0.2, 0.25) is 0 Å². The Bertz CT molecular complexity index is 770. The van der Waals surface area contributed by atoms with Gasteiger partial charge in [0.05, 0.1) is 0 Å². The van der Waals surface area contributed by atoms with Gasteiger partial charge in [-0.25, -0.2) is 0 Å². The predicted molar refractivity (Wildman–Crippen MR) is 78.7 cm³/mol. The Morgan fingerprint density at radius 1 is 1.14 bits per heavy atom. The minimum Gasteiger partial charge on any atom is -0.508 e. The molecule has 0 saturated carbocycles. The summed E-state index contributed by atoms with van der Waals surface area (Å²) in [5.41, 5.74) is 0.465. The summed E-state index contributed by atoms with van der Waals surface area (Å²) in [6.07, 6.45) is -0.961. The van der Waals surface area contributed by atoms with Gasteiger partial charge in [-0.05, 0) is 36.9 Å². The van der Waals surface area contributed by atoms with E-state index in [2.05, 4.69) is 5.32 Å². The molecule has 0 saturated heterocycles. The summed E-state index contributed by atoms with van der Waals surface area (Å²) in [5.74, 6) is -0.260. The van der Waals surface area contributed by atoms with Gasteiger partial charge in [0, 0.05) is 17.5 Å². The normalized spacial score (nSPS) is 13.8. The fraction of sp³-hybridized carbons (Fsp3) is 0.286. The van der Waals surface area contributed by atoms with E-state index in [1.54, 1.807) is 12.1 Å². The number of phenolic OH excluding ortho intramolecular Hbond substituents is 1. The third kappa shape index (κ3) is 3.51. The van der Waals surface area contributed by atoms with Crippen LogP contribution in [0.3, 0.4) is 0 Å². The van der Waals surface area contributed by atoms with Crippen LogP contribution in [0.2, 0.25) is 0 Å². The highest BCUT2D eigenvalue weighted by Crippen LogP contribution is 2.30. The molecule has 21 heavy (non-hydrogen) atoms. The molecule has 0 aliphatic heterocycles. The highest BCUT2D eigenvalue weighted by atomic mass is 32.2. The first kappa shape index (κ1) is 15.7. The third-order valence-electron chi connectivity index (χ3n) is 3.01. The maximum absolute atomic E-state index is 11.4. The number of fused-ring (bicyclic) bond motifs is 1. The lowest BCUT2D eigenvalue weighted by molar-refractivity contribution is 0.129. The molecule has 4 N–H and O–H groups in total. The van der Waals surface area contributed by atoms with E-state index in [1.807, 2.05) is 13.8 Å². The number of nitrogens with one attached hydrogen (secondary N) is 1. The first-order valence-electron chi connectivity index (χ1n) is 6.37. The Morgan fingerprint density at radius 3 is 2.38 bits per heavy atom. The minimum atomic E-state index is -4.48. The Morgan fingerprint density at radius 2 is 1.81 bits per heavy atom. The molecular weight excluding hydrogens is 294 g/mol. The first-order chi connectivity index (χ1) is 9.68. The number of phenols is 1. The van der Waals surface area contributed by atoms with Gasteiger partial charge in [0.15, 0.2) is 0 Å². The third-order valence-corrected chi connectivity index (χ3v) is 3.90. The summed E-state index contributed by atoms with van der Waals surface area (Å²) >= 11 is 0. The molecule has 1 atom stereocenters. The molecule has 0 aromatic heterocycles. The molecule has 0 fully saturated rings. The number of aliphatic hydroxyl groups is 1. The molecule has 0 amide bonds. The van der Waals surface area contributed by atoms with E-state index >= 15 is 0 Å². The largest absolute Gasteiger partial charge is 0.508 e. The van der Waals surface area contributed by atoms with Crippen LogP contribution in [0.25, 0.3) is 10.8 Å². The van der Waals surface area contributed by atoms with Gasteiger partial charge in [0.25, 0.3) is 10.1 Å². The van der Waals surface area contributed by atoms with E-state index in [4.69, 9.17) is 0 Å². The smallest absolute Gasteiger partial charge is 0.295 e. The lowest BCUT2D eigenvalue weighted by Crippen LogP contribution is -2.27. The Labute approximate surface area is 122 Å². The van der Waals surface area contributed by atoms with Crippen molar-refractivity contribution in [2.75, 3.05) is 0 Å². The van der Waals surface area contributed by atoms with Crippen molar-refractivity contribution in [2.45, 2.75) is 31.0 Å². The summed E-state index contributed by atoms with van der Waals surface area (Å²) in [6, 6.07) is 7.06. The second-order valence-electron chi connectivity index (χ2n) is 5.12. The van der Waals surface area contributed by atoms with Crippen LogP contribution in [0.15, 0.2) is 35.2 Å². The van der Waals surface area contributed by atoms with Crippen molar-refractivity contribution in [3.63, 3.8) is 0 Å². The summed E-state index contributed by atoms with van der Waals surface area (Å²) < 4.78 is 32.1. The summed E-state index contributed by atoms with van der Waals surface area (Å²) in [5, 5.41) is 23.1. The molecule has 0 radical (unpaired) electrons. The van der Waals surface area contributed by atoms with E-state index in [1.165, 1.54) is 12.1 Å². The molecule has 1 unspecified atom stereocenters. The van der Waals surface area contributed by atoms with Gasteiger partial charge in [-0.1, -0.05) is 12.1 Å². The molecular formula is C14H17NO5S. The van der Waals surface area contributed by atoms with Gasteiger partial charge in [0.1, 0.15) is 16.9 Å². The Balaban J connectivity index is 2.64. The van der Waals surface area contributed by atoms with Crippen molar-refractivity contribution in [3.8, 4) is 5.75 Å². The lowest BCUT2D eigenvalue weighted by atomic mass is 10.1.